The van der Waals surface area contributed by atoms with Crippen molar-refractivity contribution in [3.8, 4) is 11.8 Å². The second kappa shape index (κ2) is 6.90. The third kappa shape index (κ3) is 4.71. The summed E-state index contributed by atoms with van der Waals surface area (Å²) in [7, 11) is -0.619. The Balaban J connectivity index is 2.08. The summed E-state index contributed by atoms with van der Waals surface area (Å²) in [5, 5.41) is 3.21. The van der Waals surface area contributed by atoms with Crippen LogP contribution in [0.15, 0.2) is 6.07 Å². The predicted octanol–water partition coefficient (Wildman–Crippen LogP) is 0.235. The van der Waals surface area contributed by atoms with Gasteiger partial charge in [0.1, 0.15) is 0 Å². The average molecular weight is 316 g/mol. The molecule has 1 fully saturated rings. The van der Waals surface area contributed by atoms with Crippen LogP contribution >= 0.6 is 0 Å². The average Bonchev–Trinajstić information content (AvgIpc) is 2.46. The lowest BCUT2D eigenvalue weighted by atomic mass is 10.0. The van der Waals surface area contributed by atoms with E-state index in [2.05, 4.69) is 20.0 Å². The van der Waals surface area contributed by atoms with Gasteiger partial charge in [-0.05, 0) is 31.8 Å². The van der Waals surface area contributed by atoms with Crippen LogP contribution in [0.4, 0.5) is 5.95 Å². The molecule has 0 atom stereocenters. The van der Waals surface area contributed by atoms with Gasteiger partial charge in [0.25, 0.3) is 0 Å². The molecule has 1 aliphatic heterocycles. The van der Waals surface area contributed by atoms with Crippen molar-refractivity contribution in [1.82, 2.24) is 15.3 Å². The maximum absolute atomic E-state index is 12.2. The van der Waals surface area contributed by atoms with Gasteiger partial charge < -0.3 is 14.8 Å². The van der Waals surface area contributed by atoms with Gasteiger partial charge in [-0.1, -0.05) is 0 Å². The van der Waals surface area contributed by atoms with Crippen molar-refractivity contribution in [3.05, 3.63) is 6.07 Å². The summed E-state index contributed by atoms with van der Waals surface area (Å²) in [5.74, 6) is 0.650. The number of anilines is 1. The maximum Gasteiger partial charge on any atom is 0.243 e. The molecule has 2 N–H and O–H groups in total. The van der Waals surface area contributed by atoms with Crippen LogP contribution in [-0.2, 0) is 10.0 Å². The fraction of sp³-hybridized carbons (Fsp3) is 0.667. The fourth-order valence-corrected chi connectivity index (χ4v) is 3.60. The van der Waals surface area contributed by atoms with Crippen LogP contribution in [0.2, 0.25) is 0 Å². The monoisotopic (exact) mass is 316 g/mol. The first kappa shape index (κ1) is 15.8. The summed E-state index contributed by atoms with van der Waals surface area (Å²) < 4.78 is 36.7. The molecular weight excluding hydrogens is 296 g/mol. The summed E-state index contributed by atoms with van der Waals surface area (Å²) in [6.45, 7) is 1.70. The Morgan fingerprint density at radius 3 is 2.33 bits per heavy atom. The summed E-state index contributed by atoms with van der Waals surface area (Å²) in [6, 6.07) is 1.48. The van der Waals surface area contributed by atoms with Gasteiger partial charge >= 0.3 is 0 Å². The van der Waals surface area contributed by atoms with Crippen molar-refractivity contribution in [2.24, 2.45) is 5.92 Å². The number of methoxy groups -OCH3 is 2. The van der Waals surface area contributed by atoms with E-state index in [1.807, 2.05) is 0 Å². The number of sulfonamides is 1. The predicted molar refractivity (Wildman–Crippen MR) is 78.1 cm³/mol. The SMILES string of the molecule is COc1cc(OC)nc(NS(=O)(=O)CC2CCNCC2)n1. The quantitative estimate of drug-likeness (QED) is 0.774. The smallest absolute Gasteiger partial charge is 0.243 e. The molecule has 1 aliphatic rings. The number of rotatable bonds is 6. The van der Waals surface area contributed by atoms with Crippen molar-refractivity contribution in [1.29, 1.82) is 0 Å². The highest BCUT2D eigenvalue weighted by Gasteiger charge is 2.22. The topological polar surface area (TPSA) is 102 Å². The van der Waals surface area contributed by atoms with E-state index in [0.717, 1.165) is 25.9 Å². The molecule has 0 aromatic carbocycles. The molecule has 9 heteroatoms. The Kier molecular flexibility index (Phi) is 5.18. The second-order valence-electron chi connectivity index (χ2n) is 4.85. The van der Waals surface area contributed by atoms with Gasteiger partial charge in [0, 0.05) is 0 Å². The van der Waals surface area contributed by atoms with Crippen LogP contribution in [0, 0.1) is 5.92 Å². The molecule has 0 radical (unpaired) electrons. The van der Waals surface area contributed by atoms with Gasteiger partial charge in [0.05, 0.1) is 26.0 Å². The molecule has 2 rings (SSSR count). The first-order chi connectivity index (χ1) is 10.0. The Hall–Kier alpha value is -1.61. The van der Waals surface area contributed by atoms with E-state index in [9.17, 15) is 8.42 Å². The van der Waals surface area contributed by atoms with E-state index in [1.165, 1.54) is 20.3 Å². The molecule has 0 bridgehead atoms. The number of nitrogens with zero attached hydrogens (tertiary/aromatic N) is 2. The van der Waals surface area contributed by atoms with E-state index < -0.39 is 10.0 Å². The molecule has 0 amide bonds. The van der Waals surface area contributed by atoms with Crippen molar-refractivity contribution < 1.29 is 17.9 Å². The zero-order valence-corrected chi connectivity index (χ0v) is 12.9. The van der Waals surface area contributed by atoms with Crippen LogP contribution in [0.5, 0.6) is 11.8 Å². The molecule has 8 nitrogen and oxygen atoms in total. The fourth-order valence-electron chi connectivity index (χ4n) is 2.20. The normalized spacial score (nSPS) is 16.5. The van der Waals surface area contributed by atoms with Gasteiger partial charge in [-0.2, -0.15) is 9.97 Å². The molecule has 0 unspecified atom stereocenters. The molecule has 1 aromatic heterocycles. The van der Waals surface area contributed by atoms with Crippen LogP contribution in [0.3, 0.4) is 0 Å². The van der Waals surface area contributed by atoms with Crippen LogP contribution in [-0.4, -0.2) is 51.4 Å². The summed E-state index contributed by atoms with van der Waals surface area (Å²) in [6.07, 6.45) is 1.70. The Bertz CT molecular complexity index is 550. The number of ether oxygens (including phenoxy) is 2. The lowest BCUT2D eigenvalue weighted by Gasteiger charge is -2.22. The number of nitrogens with one attached hydrogen (secondary N) is 2. The number of hydrogen-bond acceptors (Lipinski definition) is 7. The lowest BCUT2D eigenvalue weighted by Crippen LogP contribution is -2.33. The van der Waals surface area contributed by atoms with E-state index in [1.54, 1.807) is 0 Å². The Morgan fingerprint density at radius 2 is 1.81 bits per heavy atom. The van der Waals surface area contributed by atoms with E-state index in [4.69, 9.17) is 9.47 Å². The van der Waals surface area contributed by atoms with E-state index in [-0.39, 0.29) is 29.4 Å². The highest BCUT2D eigenvalue weighted by molar-refractivity contribution is 7.92. The molecule has 0 saturated carbocycles. The molecule has 21 heavy (non-hydrogen) atoms. The molecule has 118 valence electrons. The minimum absolute atomic E-state index is 0.0415. The minimum atomic E-state index is -3.50. The molecule has 2 heterocycles. The summed E-state index contributed by atoms with van der Waals surface area (Å²) >= 11 is 0. The molecule has 0 spiro atoms. The molecule has 1 aromatic rings. The molecule has 0 aliphatic carbocycles. The highest BCUT2D eigenvalue weighted by Crippen LogP contribution is 2.19. The number of piperidine rings is 1. The van der Waals surface area contributed by atoms with Crippen LogP contribution < -0.4 is 19.5 Å². The summed E-state index contributed by atoms with van der Waals surface area (Å²) in [5.41, 5.74) is 0. The Labute approximate surface area is 124 Å². The van der Waals surface area contributed by atoms with Gasteiger partial charge in [-0.3, -0.25) is 4.72 Å². The van der Waals surface area contributed by atoms with Gasteiger partial charge in [-0.25, -0.2) is 8.42 Å². The third-order valence-electron chi connectivity index (χ3n) is 3.26. The zero-order chi connectivity index (χ0) is 15.3. The van der Waals surface area contributed by atoms with E-state index >= 15 is 0 Å². The van der Waals surface area contributed by atoms with Crippen molar-refractivity contribution >= 4 is 16.0 Å². The third-order valence-corrected chi connectivity index (χ3v) is 4.66. The lowest BCUT2D eigenvalue weighted by molar-refractivity contribution is 0.373. The van der Waals surface area contributed by atoms with Gasteiger partial charge in [0.2, 0.25) is 27.7 Å². The second-order valence-corrected chi connectivity index (χ2v) is 6.62. The van der Waals surface area contributed by atoms with Gasteiger partial charge in [-0.15, -0.1) is 0 Å². The van der Waals surface area contributed by atoms with Crippen molar-refractivity contribution in [3.63, 3.8) is 0 Å². The van der Waals surface area contributed by atoms with Crippen LogP contribution in [0.1, 0.15) is 12.8 Å². The number of aromatic nitrogens is 2. The van der Waals surface area contributed by atoms with E-state index in [0.29, 0.717) is 0 Å². The first-order valence-electron chi connectivity index (χ1n) is 6.70. The molecule has 1 saturated heterocycles. The minimum Gasteiger partial charge on any atom is -0.481 e. The van der Waals surface area contributed by atoms with Gasteiger partial charge in [0.15, 0.2) is 0 Å². The Morgan fingerprint density at radius 1 is 1.24 bits per heavy atom. The van der Waals surface area contributed by atoms with Crippen molar-refractivity contribution in [2.45, 2.75) is 12.8 Å². The highest BCUT2D eigenvalue weighted by atomic mass is 32.2. The molecular formula is C12H20N4O4S. The van der Waals surface area contributed by atoms with Crippen LogP contribution in [0.25, 0.3) is 0 Å². The van der Waals surface area contributed by atoms with Crippen molar-refractivity contribution in [2.75, 3.05) is 37.8 Å². The maximum atomic E-state index is 12.2. The largest absolute Gasteiger partial charge is 0.481 e. The summed E-state index contributed by atoms with van der Waals surface area (Å²) in [4.78, 5) is 7.92. The zero-order valence-electron chi connectivity index (χ0n) is 12.1. The standard InChI is InChI=1S/C12H20N4O4S/c1-19-10-7-11(20-2)15-12(14-10)16-21(17,18)8-9-3-5-13-6-4-9/h7,9,13H,3-6,8H2,1-2H3,(H,14,15,16). The first-order valence-corrected chi connectivity index (χ1v) is 8.36. The number of hydrogen-bond donors (Lipinski definition) is 2.